The Bertz CT molecular complexity index is 1050. The molecule has 13 nitrogen and oxygen atoms in total. The van der Waals surface area contributed by atoms with Crippen molar-refractivity contribution in [2.45, 2.75) is 63.6 Å². The minimum atomic E-state index is -1.35. The van der Waals surface area contributed by atoms with Crippen LogP contribution in [0.1, 0.15) is 38.1 Å². The molecule has 0 unspecified atom stereocenters. The van der Waals surface area contributed by atoms with Gasteiger partial charge in [0.2, 0.25) is 0 Å². The predicted molar refractivity (Wildman–Crippen MR) is 134 cm³/mol. The van der Waals surface area contributed by atoms with Gasteiger partial charge in [-0.2, -0.15) is 0 Å². The third-order valence-corrected chi connectivity index (χ3v) is 6.44. The van der Waals surface area contributed by atoms with Crippen LogP contribution in [-0.2, 0) is 52.4 Å². The second kappa shape index (κ2) is 15.1. The van der Waals surface area contributed by atoms with Gasteiger partial charge < -0.3 is 33.7 Å². The van der Waals surface area contributed by atoms with E-state index in [1.807, 2.05) is 0 Å². The molecule has 1 aromatic carbocycles. The van der Waals surface area contributed by atoms with Crippen molar-refractivity contribution in [3.63, 3.8) is 0 Å². The highest BCUT2D eigenvalue weighted by atomic mass is 32.2. The van der Waals surface area contributed by atoms with Gasteiger partial charge in [-0.05, 0) is 12.1 Å². The number of rotatable bonds is 11. The van der Waals surface area contributed by atoms with E-state index in [1.165, 1.54) is 0 Å². The van der Waals surface area contributed by atoms with E-state index in [4.69, 9.17) is 28.4 Å². The maximum atomic E-state index is 12.7. The monoisotopic (exact) mass is 569 g/mol. The molecule has 1 saturated heterocycles. The molecule has 1 amide bonds. The molecule has 0 radical (unpaired) electrons. The van der Waals surface area contributed by atoms with Crippen molar-refractivity contribution in [3.8, 4) is 0 Å². The summed E-state index contributed by atoms with van der Waals surface area (Å²) in [5, 5.41) is 2.59. The lowest BCUT2D eigenvalue weighted by Gasteiger charge is -2.44. The Labute approximate surface area is 229 Å². The molecule has 1 aromatic rings. The largest absolute Gasteiger partial charge is 0.467 e. The molecule has 2 rings (SSSR count). The van der Waals surface area contributed by atoms with E-state index in [-0.39, 0.29) is 12.4 Å². The molecule has 214 valence electrons. The summed E-state index contributed by atoms with van der Waals surface area (Å²) in [5.74, 6) is -4.34. The van der Waals surface area contributed by atoms with Gasteiger partial charge in [0.15, 0.2) is 18.3 Å². The highest BCUT2D eigenvalue weighted by Crippen LogP contribution is 2.34. The molecule has 39 heavy (non-hydrogen) atoms. The smallest absolute Gasteiger partial charge is 0.329 e. The Hall–Kier alpha value is -3.65. The zero-order chi connectivity index (χ0) is 29.1. The molecule has 1 aliphatic rings. The van der Waals surface area contributed by atoms with Crippen LogP contribution in [-0.4, -0.2) is 91.1 Å². The number of hydrogen-bond donors (Lipinski definition) is 1. The maximum absolute atomic E-state index is 12.7. The Balaban J connectivity index is 2.36. The van der Waals surface area contributed by atoms with Gasteiger partial charge in [-0.3, -0.25) is 24.0 Å². The fourth-order valence-corrected chi connectivity index (χ4v) is 4.88. The molecule has 0 spiro atoms. The van der Waals surface area contributed by atoms with Gasteiger partial charge in [0, 0.05) is 39.0 Å². The van der Waals surface area contributed by atoms with Crippen LogP contribution in [0.3, 0.4) is 0 Å². The van der Waals surface area contributed by atoms with Gasteiger partial charge in [0.1, 0.15) is 24.2 Å². The lowest BCUT2D eigenvalue weighted by molar-refractivity contribution is -0.237. The van der Waals surface area contributed by atoms with E-state index in [1.54, 1.807) is 30.3 Å². The fraction of sp³-hybridized carbons (Fsp3) is 0.520. The van der Waals surface area contributed by atoms with E-state index in [0.29, 0.717) is 5.56 Å². The Kier molecular flexibility index (Phi) is 12.2. The lowest BCUT2D eigenvalue weighted by atomic mass is 9.99. The Morgan fingerprint density at radius 3 is 1.95 bits per heavy atom. The molecule has 0 saturated carbocycles. The Morgan fingerprint density at radius 2 is 1.41 bits per heavy atom. The van der Waals surface area contributed by atoms with Gasteiger partial charge in [-0.25, -0.2) is 4.79 Å². The van der Waals surface area contributed by atoms with Crippen molar-refractivity contribution < 1.29 is 57.2 Å². The lowest BCUT2D eigenvalue weighted by Crippen LogP contribution is -2.61. The van der Waals surface area contributed by atoms with Crippen molar-refractivity contribution in [1.82, 2.24) is 5.32 Å². The first kappa shape index (κ1) is 31.6. The first-order valence-corrected chi connectivity index (χ1v) is 12.8. The number of amides is 1. The van der Waals surface area contributed by atoms with Crippen LogP contribution >= 0.6 is 11.8 Å². The highest BCUT2D eigenvalue weighted by molar-refractivity contribution is 7.99. The molecule has 0 aliphatic carbocycles. The van der Waals surface area contributed by atoms with Crippen LogP contribution in [0, 0.1) is 0 Å². The summed E-state index contributed by atoms with van der Waals surface area (Å²) in [7, 11) is 1.16. The van der Waals surface area contributed by atoms with E-state index in [0.717, 1.165) is 46.6 Å². The standard InChI is InChI=1S/C25H31NO12S/c1-13(27)34-11-19-20(35-14(2)28)21(36-15(3)29)22(37-16(4)30)25(38-19)39-12-18(24(32)33-5)26-23(31)17-9-7-6-8-10-17/h6-10,18-22,25H,11-12H2,1-5H3,(H,26,31)/t18-,19+,20+,21-,22-,25+/m0/s1. The maximum Gasteiger partial charge on any atom is 0.329 e. The number of esters is 5. The molecule has 1 aliphatic heterocycles. The number of hydrogen-bond acceptors (Lipinski definition) is 13. The second-order valence-electron chi connectivity index (χ2n) is 8.32. The normalized spacial score (nSPS) is 22.9. The number of nitrogens with one attached hydrogen (secondary N) is 1. The van der Waals surface area contributed by atoms with Gasteiger partial charge >= 0.3 is 29.8 Å². The predicted octanol–water partition coefficient (Wildman–Crippen LogP) is 0.774. The zero-order valence-corrected chi connectivity index (χ0v) is 22.9. The SMILES string of the molecule is COC(=O)[C@H](CS[C@H]1O[C@H](COC(C)=O)[C@@H](OC(C)=O)[C@H](OC(C)=O)[C@@H]1OC(C)=O)NC(=O)c1ccccc1. The van der Waals surface area contributed by atoms with Crippen LogP contribution in [0.2, 0.25) is 0 Å². The fourth-order valence-electron chi connectivity index (χ4n) is 3.66. The Morgan fingerprint density at radius 1 is 0.846 bits per heavy atom. The molecular formula is C25H31NO12S. The van der Waals surface area contributed by atoms with Crippen molar-refractivity contribution >= 4 is 47.5 Å². The minimum Gasteiger partial charge on any atom is -0.467 e. The first-order valence-electron chi connectivity index (χ1n) is 11.8. The van der Waals surface area contributed by atoms with E-state index in [9.17, 15) is 28.8 Å². The van der Waals surface area contributed by atoms with Gasteiger partial charge in [-0.15, -0.1) is 11.8 Å². The summed E-state index contributed by atoms with van der Waals surface area (Å²) in [4.78, 5) is 72.4. The van der Waals surface area contributed by atoms with Crippen LogP contribution in [0.25, 0.3) is 0 Å². The first-order chi connectivity index (χ1) is 18.4. The molecule has 14 heteroatoms. The molecule has 0 aromatic heterocycles. The molecule has 1 fully saturated rings. The third-order valence-electron chi connectivity index (χ3n) is 5.20. The zero-order valence-electron chi connectivity index (χ0n) is 22.1. The van der Waals surface area contributed by atoms with E-state index >= 15 is 0 Å². The third kappa shape index (κ3) is 9.87. The van der Waals surface area contributed by atoms with Crippen molar-refractivity contribution in [2.24, 2.45) is 0 Å². The van der Waals surface area contributed by atoms with E-state index < -0.39 is 71.6 Å². The molecule has 1 N–H and O–H groups in total. The van der Waals surface area contributed by atoms with Crippen LogP contribution in [0.15, 0.2) is 30.3 Å². The molecule has 6 atom stereocenters. The summed E-state index contributed by atoms with van der Waals surface area (Å²) in [6.07, 6.45) is -5.10. The number of thioether (sulfide) groups is 1. The van der Waals surface area contributed by atoms with Gasteiger partial charge in [-0.1, -0.05) is 18.2 Å². The minimum absolute atomic E-state index is 0.126. The van der Waals surface area contributed by atoms with Crippen LogP contribution in [0.4, 0.5) is 0 Å². The number of methoxy groups -OCH3 is 1. The number of carbonyl (C=O) groups excluding carboxylic acids is 6. The summed E-state index contributed by atoms with van der Waals surface area (Å²) in [6.45, 7) is 4.12. The highest BCUT2D eigenvalue weighted by Gasteiger charge is 2.52. The summed E-state index contributed by atoms with van der Waals surface area (Å²) in [6, 6.07) is 7.03. The van der Waals surface area contributed by atoms with Crippen LogP contribution < -0.4 is 5.32 Å². The number of ether oxygens (including phenoxy) is 6. The van der Waals surface area contributed by atoms with Crippen molar-refractivity contribution in [1.29, 1.82) is 0 Å². The topological polar surface area (TPSA) is 170 Å². The average Bonchev–Trinajstić information content (AvgIpc) is 2.87. The average molecular weight is 570 g/mol. The molecule has 1 heterocycles. The van der Waals surface area contributed by atoms with E-state index in [2.05, 4.69) is 5.32 Å². The number of carbonyl (C=O) groups is 6. The summed E-state index contributed by atoms with van der Waals surface area (Å²) in [5.41, 5.74) is -0.810. The second-order valence-corrected chi connectivity index (χ2v) is 9.45. The van der Waals surface area contributed by atoms with Gasteiger partial charge in [0.05, 0.1) is 7.11 Å². The molecular weight excluding hydrogens is 538 g/mol. The van der Waals surface area contributed by atoms with Gasteiger partial charge in [0.25, 0.3) is 5.91 Å². The summed E-state index contributed by atoms with van der Waals surface area (Å²) < 4.78 is 32.0. The summed E-state index contributed by atoms with van der Waals surface area (Å²) >= 11 is 0.939. The number of benzene rings is 1. The quantitative estimate of drug-likeness (QED) is 0.293. The van der Waals surface area contributed by atoms with Crippen molar-refractivity contribution in [3.05, 3.63) is 35.9 Å². The van der Waals surface area contributed by atoms with Crippen LogP contribution in [0.5, 0.6) is 0 Å². The van der Waals surface area contributed by atoms with Crippen molar-refractivity contribution in [2.75, 3.05) is 19.5 Å². The molecule has 0 bridgehead atoms.